The number of non-ortho nitro benzene ring substituents is 1. The van der Waals surface area contributed by atoms with E-state index in [2.05, 4.69) is 5.32 Å². The van der Waals surface area contributed by atoms with Crippen LogP contribution in [0.5, 0.6) is 5.75 Å². The van der Waals surface area contributed by atoms with E-state index < -0.39 is 4.92 Å². The first-order valence-electron chi connectivity index (χ1n) is 6.92. The number of nitro benzene ring substituents is 1. The molecule has 0 bridgehead atoms. The molecule has 2 aromatic carbocycles. The van der Waals surface area contributed by atoms with Gasteiger partial charge in [-0.3, -0.25) is 14.9 Å². The Bertz CT molecular complexity index is 741. The molecular formula is C17H16N2O4. The fourth-order valence-electron chi connectivity index (χ4n) is 2.00. The van der Waals surface area contributed by atoms with Crippen molar-refractivity contribution >= 4 is 17.7 Å². The van der Waals surface area contributed by atoms with Gasteiger partial charge in [-0.2, -0.15) is 0 Å². The fraction of sp³-hybridized carbons (Fsp3) is 0.118. The van der Waals surface area contributed by atoms with E-state index in [4.69, 9.17) is 4.74 Å². The molecule has 0 fully saturated rings. The largest absolute Gasteiger partial charge is 0.496 e. The van der Waals surface area contributed by atoms with Gasteiger partial charge in [-0.1, -0.05) is 30.3 Å². The predicted octanol–water partition coefficient (Wildman–Crippen LogP) is 2.93. The molecule has 1 N–H and O–H groups in total. The summed E-state index contributed by atoms with van der Waals surface area (Å²) in [4.78, 5) is 22.1. The van der Waals surface area contributed by atoms with E-state index in [1.807, 2.05) is 24.3 Å². The van der Waals surface area contributed by atoms with Crippen LogP contribution in [0.1, 0.15) is 11.1 Å². The first-order valence-corrected chi connectivity index (χ1v) is 6.92. The highest BCUT2D eigenvalue weighted by Gasteiger charge is 2.05. The fourth-order valence-corrected chi connectivity index (χ4v) is 2.00. The molecule has 0 aliphatic rings. The molecule has 2 rings (SSSR count). The predicted molar refractivity (Wildman–Crippen MR) is 87.0 cm³/mol. The molecule has 0 saturated heterocycles. The van der Waals surface area contributed by atoms with Gasteiger partial charge in [0.05, 0.1) is 12.0 Å². The number of hydrogen-bond donors (Lipinski definition) is 1. The molecule has 6 nitrogen and oxygen atoms in total. The van der Waals surface area contributed by atoms with Gasteiger partial charge in [0, 0.05) is 30.3 Å². The lowest BCUT2D eigenvalue weighted by molar-refractivity contribution is -0.384. The summed E-state index contributed by atoms with van der Waals surface area (Å²) in [5.41, 5.74) is 1.44. The molecule has 0 aliphatic carbocycles. The second kappa shape index (κ2) is 7.74. The van der Waals surface area contributed by atoms with E-state index in [0.29, 0.717) is 17.9 Å². The molecule has 23 heavy (non-hydrogen) atoms. The van der Waals surface area contributed by atoms with Gasteiger partial charge in [0.2, 0.25) is 5.91 Å². The minimum Gasteiger partial charge on any atom is -0.496 e. The molecule has 0 radical (unpaired) electrons. The Kier molecular flexibility index (Phi) is 5.46. The highest BCUT2D eigenvalue weighted by atomic mass is 16.6. The minimum atomic E-state index is -0.473. The van der Waals surface area contributed by atoms with Crippen molar-refractivity contribution < 1.29 is 14.5 Å². The number of carbonyl (C=O) groups is 1. The van der Waals surface area contributed by atoms with Crippen LogP contribution in [0.4, 0.5) is 5.69 Å². The van der Waals surface area contributed by atoms with Crippen LogP contribution in [0, 0.1) is 10.1 Å². The van der Waals surface area contributed by atoms with Crippen LogP contribution in [-0.2, 0) is 11.3 Å². The van der Waals surface area contributed by atoms with Crippen LogP contribution in [0.3, 0.4) is 0 Å². The molecule has 0 unspecified atom stereocenters. The summed E-state index contributed by atoms with van der Waals surface area (Å²) in [6, 6.07) is 13.5. The van der Waals surface area contributed by atoms with Gasteiger partial charge in [-0.25, -0.2) is 0 Å². The summed E-state index contributed by atoms with van der Waals surface area (Å²) >= 11 is 0. The van der Waals surface area contributed by atoms with Crippen molar-refractivity contribution in [3.8, 4) is 5.75 Å². The number of methoxy groups -OCH3 is 1. The Balaban J connectivity index is 1.97. The number of benzene rings is 2. The summed E-state index contributed by atoms with van der Waals surface area (Å²) in [7, 11) is 1.57. The smallest absolute Gasteiger partial charge is 0.270 e. The first-order chi connectivity index (χ1) is 11.1. The molecule has 1 amide bonds. The van der Waals surface area contributed by atoms with Gasteiger partial charge in [-0.15, -0.1) is 0 Å². The third-order valence-corrected chi connectivity index (χ3v) is 3.15. The standard InChI is InChI=1S/C17H16N2O4/c1-23-16-8-3-2-6-14(16)12-18-17(20)10-9-13-5-4-7-15(11-13)19(21)22/h2-11H,12H2,1H3,(H,18,20). The van der Waals surface area contributed by atoms with E-state index in [1.165, 1.54) is 24.3 Å². The minimum absolute atomic E-state index is 0.0124. The quantitative estimate of drug-likeness (QED) is 0.505. The zero-order valence-corrected chi connectivity index (χ0v) is 12.6. The highest BCUT2D eigenvalue weighted by Crippen LogP contribution is 2.17. The zero-order valence-electron chi connectivity index (χ0n) is 12.6. The monoisotopic (exact) mass is 312 g/mol. The number of nitrogens with one attached hydrogen (secondary N) is 1. The van der Waals surface area contributed by atoms with Crippen LogP contribution >= 0.6 is 0 Å². The van der Waals surface area contributed by atoms with Gasteiger partial charge in [-0.05, 0) is 17.7 Å². The second-order valence-corrected chi connectivity index (χ2v) is 4.72. The van der Waals surface area contributed by atoms with Crippen molar-refractivity contribution in [1.82, 2.24) is 5.32 Å². The Morgan fingerprint density at radius 1 is 1.26 bits per heavy atom. The molecule has 6 heteroatoms. The number of amides is 1. The van der Waals surface area contributed by atoms with Crippen molar-refractivity contribution in [3.05, 3.63) is 75.8 Å². The number of rotatable bonds is 6. The molecule has 0 spiro atoms. The lowest BCUT2D eigenvalue weighted by atomic mass is 10.2. The number of hydrogen-bond acceptors (Lipinski definition) is 4. The van der Waals surface area contributed by atoms with E-state index in [9.17, 15) is 14.9 Å². The summed E-state index contributed by atoms with van der Waals surface area (Å²) in [6.07, 6.45) is 2.87. The molecule has 0 saturated carbocycles. The van der Waals surface area contributed by atoms with Crippen LogP contribution < -0.4 is 10.1 Å². The topological polar surface area (TPSA) is 81.5 Å². The zero-order chi connectivity index (χ0) is 16.7. The van der Waals surface area contributed by atoms with E-state index in [1.54, 1.807) is 19.2 Å². The van der Waals surface area contributed by atoms with Crippen LogP contribution in [-0.4, -0.2) is 17.9 Å². The molecule has 0 heterocycles. The van der Waals surface area contributed by atoms with Gasteiger partial charge >= 0.3 is 0 Å². The van der Waals surface area contributed by atoms with Crippen molar-refractivity contribution in [1.29, 1.82) is 0 Å². The maximum absolute atomic E-state index is 11.8. The van der Waals surface area contributed by atoms with Gasteiger partial charge < -0.3 is 10.1 Å². The Morgan fingerprint density at radius 3 is 2.78 bits per heavy atom. The Labute approximate surface area is 133 Å². The lowest BCUT2D eigenvalue weighted by Gasteiger charge is -2.08. The van der Waals surface area contributed by atoms with Crippen molar-refractivity contribution in [2.75, 3.05) is 7.11 Å². The van der Waals surface area contributed by atoms with Crippen molar-refractivity contribution in [2.45, 2.75) is 6.54 Å². The Morgan fingerprint density at radius 2 is 2.04 bits per heavy atom. The van der Waals surface area contributed by atoms with Crippen LogP contribution in [0.2, 0.25) is 0 Å². The molecule has 0 aliphatic heterocycles. The SMILES string of the molecule is COc1ccccc1CNC(=O)C=Cc1cccc([N+](=O)[O-])c1. The summed E-state index contributed by atoms with van der Waals surface area (Å²) < 4.78 is 5.21. The lowest BCUT2D eigenvalue weighted by Crippen LogP contribution is -2.20. The van der Waals surface area contributed by atoms with Crippen LogP contribution in [0.15, 0.2) is 54.6 Å². The number of nitrogens with zero attached hydrogens (tertiary/aromatic N) is 1. The third-order valence-electron chi connectivity index (χ3n) is 3.15. The number of carbonyl (C=O) groups excluding carboxylic acids is 1. The number of para-hydroxylation sites is 1. The van der Waals surface area contributed by atoms with Gasteiger partial charge in [0.1, 0.15) is 5.75 Å². The van der Waals surface area contributed by atoms with Gasteiger partial charge in [0.15, 0.2) is 0 Å². The average Bonchev–Trinajstić information content (AvgIpc) is 2.58. The molecule has 0 aromatic heterocycles. The number of ether oxygens (including phenoxy) is 1. The van der Waals surface area contributed by atoms with Crippen molar-refractivity contribution in [2.24, 2.45) is 0 Å². The maximum atomic E-state index is 11.8. The summed E-state index contributed by atoms with van der Waals surface area (Å²) in [5.74, 6) is 0.415. The van der Waals surface area contributed by atoms with Crippen molar-refractivity contribution in [3.63, 3.8) is 0 Å². The molecular weight excluding hydrogens is 296 g/mol. The van der Waals surface area contributed by atoms with Crippen LogP contribution in [0.25, 0.3) is 6.08 Å². The van der Waals surface area contributed by atoms with Gasteiger partial charge in [0.25, 0.3) is 5.69 Å². The Hall–Kier alpha value is -3.15. The summed E-state index contributed by atoms with van der Waals surface area (Å²) in [5, 5.41) is 13.4. The molecule has 2 aromatic rings. The first kappa shape index (κ1) is 16.2. The second-order valence-electron chi connectivity index (χ2n) is 4.72. The molecule has 118 valence electrons. The molecule has 0 atom stereocenters. The highest BCUT2D eigenvalue weighted by molar-refractivity contribution is 5.91. The third kappa shape index (κ3) is 4.67. The maximum Gasteiger partial charge on any atom is 0.270 e. The summed E-state index contributed by atoms with van der Waals surface area (Å²) in [6.45, 7) is 0.335. The van der Waals surface area contributed by atoms with E-state index in [-0.39, 0.29) is 11.6 Å². The van der Waals surface area contributed by atoms with E-state index in [0.717, 1.165) is 5.56 Å². The van der Waals surface area contributed by atoms with E-state index >= 15 is 0 Å². The number of nitro groups is 1. The normalized spacial score (nSPS) is 10.5. The average molecular weight is 312 g/mol.